The van der Waals surface area contributed by atoms with Gasteiger partial charge in [0.15, 0.2) is 0 Å². The quantitative estimate of drug-likeness (QED) is 0.136. The molecule has 0 aromatic heterocycles. The van der Waals surface area contributed by atoms with E-state index in [1.807, 2.05) is 60.5 Å². The molecule has 0 spiro atoms. The summed E-state index contributed by atoms with van der Waals surface area (Å²) in [6.45, 7) is 13.9. The molecule has 5 N–H and O–H groups in total. The third-order valence-corrected chi connectivity index (χ3v) is 11.0. The lowest BCUT2D eigenvalue weighted by Gasteiger charge is -2.41. The molecule has 7 unspecified atom stereocenters. The maximum absolute atomic E-state index is 14.2. The summed E-state index contributed by atoms with van der Waals surface area (Å²) >= 11 is 0. The Morgan fingerprint density at radius 3 is 2.02 bits per heavy atom. The fraction of sp³-hybridized carbons (Fsp3) is 0.725. The fourth-order valence-electron chi connectivity index (χ4n) is 7.80. The summed E-state index contributed by atoms with van der Waals surface area (Å²) in [5.41, 5.74) is 7.03. The second kappa shape index (κ2) is 21.4. The number of ether oxygens (including phenoxy) is 2. The molecule has 0 radical (unpaired) electrons. The molecule has 1 aromatic rings. The van der Waals surface area contributed by atoms with Crippen molar-refractivity contribution in [3.63, 3.8) is 0 Å². The van der Waals surface area contributed by atoms with Crippen molar-refractivity contribution in [2.24, 2.45) is 23.7 Å². The van der Waals surface area contributed by atoms with Crippen molar-refractivity contribution in [3.8, 4) is 0 Å². The third kappa shape index (κ3) is 12.1. The van der Waals surface area contributed by atoms with Gasteiger partial charge in [-0.1, -0.05) is 67.0 Å². The van der Waals surface area contributed by atoms with Crippen molar-refractivity contribution in [2.75, 3.05) is 47.6 Å². The van der Waals surface area contributed by atoms with Crippen LogP contribution in [0.3, 0.4) is 0 Å². The lowest BCUT2D eigenvalue weighted by Crippen LogP contribution is -2.59. The molecule has 306 valence electrons. The molecule has 1 aromatic carbocycles. The van der Waals surface area contributed by atoms with E-state index in [2.05, 4.69) is 10.6 Å². The molecule has 0 saturated carbocycles. The molecule has 9 atom stereocenters. The Bertz CT molecular complexity index is 1380. The topological polar surface area (TPSA) is 184 Å². The number of nitrogen functional groups attached to an aromatic ring is 1. The first-order valence-electron chi connectivity index (χ1n) is 19.3. The van der Waals surface area contributed by atoms with Gasteiger partial charge in [-0.05, 0) is 62.4 Å². The van der Waals surface area contributed by atoms with Crippen molar-refractivity contribution < 1.29 is 38.6 Å². The van der Waals surface area contributed by atoms with Crippen LogP contribution in [-0.2, 0) is 39.9 Å². The number of likely N-dealkylation sites (tertiary alicyclic amines) is 1. The minimum atomic E-state index is -1.17. The number of nitrogens with zero attached hydrogens (tertiary/aromatic N) is 3. The highest BCUT2D eigenvalue weighted by Crippen LogP contribution is 2.30. The number of nitrogens with one attached hydrogen (secondary N) is 2. The number of carbonyl (C=O) groups is 5. The number of anilines is 1. The fourth-order valence-corrected chi connectivity index (χ4v) is 7.80. The zero-order chi connectivity index (χ0) is 41.0. The minimum absolute atomic E-state index is 0.0198. The summed E-state index contributed by atoms with van der Waals surface area (Å²) in [6, 6.07) is 3.52. The average molecular weight is 761 g/mol. The predicted molar refractivity (Wildman–Crippen MR) is 209 cm³/mol. The van der Waals surface area contributed by atoms with E-state index in [0.717, 1.165) is 0 Å². The molecule has 1 saturated heterocycles. The number of benzene rings is 1. The molecule has 1 heterocycles. The number of amides is 4. The van der Waals surface area contributed by atoms with E-state index in [-0.39, 0.29) is 48.3 Å². The third-order valence-electron chi connectivity index (χ3n) is 11.0. The lowest BCUT2D eigenvalue weighted by molar-refractivity contribution is -0.148. The van der Waals surface area contributed by atoms with E-state index in [9.17, 15) is 29.1 Å². The molecule has 0 aliphatic carbocycles. The highest BCUT2D eigenvalue weighted by Gasteiger charge is 2.43. The second-order valence-corrected chi connectivity index (χ2v) is 15.8. The summed E-state index contributed by atoms with van der Waals surface area (Å²) in [7, 11) is 8.42. The molecule has 1 fully saturated rings. The van der Waals surface area contributed by atoms with Crippen LogP contribution in [0.2, 0.25) is 0 Å². The van der Waals surface area contributed by atoms with Crippen molar-refractivity contribution in [1.82, 2.24) is 25.3 Å². The van der Waals surface area contributed by atoms with Crippen molar-refractivity contribution in [2.45, 2.75) is 123 Å². The van der Waals surface area contributed by atoms with Gasteiger partial charge in [-0.15, -0.1) is 0 Å². The van der Waals surface area contributed by atoms with Crippen LogP contribution in [0.1, 0.15) is 79.7 Å². The van der Waals surface area contributed by atoms with Crippen LogP contribution < -0.4 is 16.4 Å². The van der Waals surface area contributed by atoms with Crippen LogP contribution in [0.4, 0.5) is 5.69 Å². The first kappa shape index (κ1) is 46.4. The van der Waals surface area contributed by atoms with Crippen LogP contribution in [0.25, 0.3) is 0 Å². The van der Waals surface area contributed by atoms with Crippen molar-refractivity contribution >= 4 is 35.3 Å². The van der Waals surface area contributed by atoms with Crippen LogP contribution >= 0.6 is 0 Å². The van der Waals surface area contributed by atoms with Gasteiger partial charge in [-0.2, -0.15) is 0 Å². The maximum atomic E-state index is 14.2. The van der Waals surface area contributed by atoms with E-state index in [1.165, 1.54) is 14.2 Å². The number of carbonyl (C=O) groups excluding carboxylic acids is 4. The first-order valence-corrected chi connectivity index (χ1v) is 19.3. The normalized spacial score (nSPS) is 19.1. The Hall–Kier alpha value is -3.75. The van der Waals surface area contributed by atoms with E-state index < -0.39 is 60.2 Å². The smallest absolute Gasteiger partial charge is 0.326 e. The van der Waals surface area contributed by atoms with Gasteiger partial charge in [0.1, 0.15) is 12.1 Å². The van der Waals surface area contributed by atoms with Crippen molar-refractivity contribution in [1.29, 1.82) is 0 Å². The molecule has 2 rings (SSSR count). The Morgan fingerprint density at radius 2 is 1.54 bits per heavy atom. The van der Waals surface area contributed by atoms with E-state index in [4.69, 9.17) is 15.2 Å². The highest BCUT2D eigenvalue weighted by molar-refractivity contribution is 5.90. The molecule has 1 aliphatic rings. The summed E-state index contributed by atoms with van der Waals surface area (Å²) in [6.07, 6.45) is 0.698. The highest BCUT2D eigenvalue weighted by atomic mass is 16.5. The van der Waals surface area contributed by atoms with E-state index in [0.29, 0.717) is 37.1 Å². The lowest BCUT2D eigenvalue weighted by atomic mass is 9.89. The van der Waals surface area contributed by atoms with Gasteiger partial charge in [-0.3, -0.25) is 24.1 Å². The number of carboxylic acids is 1. The van der Waals surface area contributed by atoms with Gasteiger partial charge >= 0.3 is 5.97 Å². The largest absolute Gasteiger partial charge is 0.480 e. The SMILES string of the molecule is CCC(C)C(C(CC(=O)N1CCCC1C(OC)C(C)C(=O)N[C@@H](Cc1ccc(N)cc1)C(=O)O)OC)N(C)C(=O)[C@@H](NC(=O)C(C(C)C)N(C)C)C(C)C. The van der Waals surface area contributed by atoms with Gasteiger partial charge in [0.05, 0.1) is 42.7 Å². The zero-order valence-electron chi connectivity index (χ0n) is 34.6. The van der Waals surface area contributed by atoms with Gasteiger partial charge in [0.2, 0.25) is 23.6 Å². The number of carboxylic acid groups (broad SMARTS) is 1. The molecule has 1 aliphatic heterocycles. The molecular weight excluding hydrogens is 692 g/mol. The van der Waals surface area contributed by atoms with Gasteiger partial charge < -0.3 is 40.7 Å². The van der Waals surface area contributed by atoms with Crippen LogP contribution in [-0.4, -0.2) is 134 Å². The number of aliphatic carboxylic acids is 1. The Morgan fingerprint density at radius 1 is 0.926 bits per heavy atom. The van der Waals surface area contributed by atoms with Crippen LogP contribution in [0.5, 0.6) is 0 Å². The molecular formula is C40H68N6O8. The predicted octanol–water partition coefficient (Wildman–Crippen LogP) is 3.03. The number of nitrogens with two attached hydrogens (primary N) is 1. The number of rotatable bonds is 21. The second-order valence-electron chi connectivity index (χ2n) is 15.8. The summed E-state index contributed by atoms with van der Waals surface area (Å²) in [5, 5.41) is 15.6. The molecule has 14 heteroatoms. The monoisotopic (exact) mass is 761 g/mol. The summed E-state index contributed by atoms with van der Waals surface area (Å²) < 4.78 is 11.9. The Balaban J connectivity index is 2.27. The standard InChI is InChI=1S/C40H68N6O8/c1-13-25(6)35(45(10)39(50)33(23(2)3)43-38(49)34(24(4)5)44(8)9)31(53-11)22-32(47)46-20-14-15-30(46)36(54-12)26(7)37(48)42-29(40(51)52)21-27-16-18-28(41)19-17-27/h16-19,23-26,29-31,33-36H,13-15,20-22,41H2,1-12H3,(H,42,48)(H,43,49)(H,51,52)/t25?,26?,29-,30?,31?,33-,34?,35?,36?/m0/s1. The Kier molecular flexibility index (Phi) is 18.4. The van der Waals surface area contributed by atoms with Gasteiger partial charge in [-0.25, -0.2) is 4.79 Å². The van der Waals surface area contributed by atoms with Crippen LogP contribution in [0, 0.1) is 23.7 Å². The number of methoxy groups -OCH3 is 2. The van der Waals surface area contributed by atoms with Crippen molar-refractivity contribution in [3.05, 3.63) is 29.8 Å². The van der Waals surface area contributed by atoms with E-state index in [1.54, 1.807) is 48.0 Å². The average Bonchev–Trinajstić information content (AvgIpc) is 3.59. The van der Waals surface area contributed by atoms with Gasteiger partial charge in [0.25, 0.3) is 0 Å². The number of likely N-dealkylation sites (N-methyl/N-ethyl adjacent to an activating group) is 2. The number of hydrogen-bond donors (Lipinski definition) is 4. The first-order chi connectivity index (χ1) is 25.3. The molecule has 4 amide bonds. The zero-order valence-corrected chi connectivity index (χ0v) is 34.6. The summed E-state index contributed by atoms with van der Waals surface area (Å²) in [5.74, 6) is -3.32. The van der Waals surface area contributed by atoms with Crippen LogP contribution in [0.15, 0.2) is 24.3 Å². The summed E-state index contributed by atoms with van der Waals surface area (Å²) in [4.78, 5) is 72.6. The van der Waals surface area contributed by atoms with Gasteiger partial charge in [0, 0.05) is 39.9 Å². The maximum Gasteiger partial charge on any atom is 0.326 e. The minimum Gasteiger partial charge on any atom is -0.480 e. The molecule has 14 nitrogen and oxygen atoms in total. The Labute approximate surface area is 322 Å². The molecule has 54 heavy (non-hydrogen) atoms. The van der Waals surface area contributed by atoms with E-state index >= 15 is 0 Å². The molecule has 0 bridgehead atoms. The number of hydrogen-bond acceptors (Lipinski definition) is 9.